The van der Waals surface area contributed by atoms with Crippen LogP contribution < -0.4 is 10.5 Å². The predicted octanol–water partition coefficient (Wildman–Crippen LogP) is 2.63. The van der Waals surface area contributed by atoms with Crippen LogP contribution in [0.2, 0.25) is 0 Å². The Kier molecular flexibility index (Phi) is 4.31. The molecule has 0 atom stereocenters. The Morgan fingerprint density at radius 1 is 1.47 bits per heavy atom. The van der Waals surface area contributed by atoms with Crippen LogP contribution in [-0.2, 0) is 6.54 Å². The molecule has 15 heavy (non-hydrogen) atoms. The zero-order valence-electron chi connectivity index (χ0n) is 8.92. The Labute approximate surface area is 89.6 Å². The second-order valence-electron chi connectivity index (χ2n) is 3.55. The first-order valence-electron chi connectivity index (χ1n) is 4.88. The molecule has 0 spiro atoms. The van der Waals surface area contributed by atoms with Crippen LogP contribution in [0.1, 0.15) is 18.9 Å². The van der Waals surface area contributed by atoms with E-state index < -0.39 is 0 Å². The van der Waals surface area contributed by atoms with Crippen molar-refractivity contribution in [2.45, 2.75) is 19.9 Å². The standard InChI is InChI=1S/C12H16FNO/c1-9(2)3-4-15-12-6-10(8-14)5-11(13)7-12/h5-7H,1,3-4,8,14H2,2H3. The van der Waals surface area contributed by atoms with E-state index in [0.29, 0.717) is 18.9 Å². The van der Waals surface area contributed by atoms with Gasteiger partial charge in [-0.15, -0.1) is 6.58 Å². The third kappa shape index (κ3) is 4.13. The van der Waals surface area contributed by atoms with E-state index in [1.165, 1.54) is 12.1 Å². The van der Waals surface area contributed by atoms with E-state index in [-0.39, 0.29) is 5.82 Å². The van der Waals surface area contributed by atoms with Gasteiger partial charge in [-0.3, -0.25) is 0 Å². The Morgan fingerprint density at radius 2 is 2.20 bits per heavy atom. The molecule has 1 rings (SSSR count). The minimum Gasteiger partial charge on any atom is -0.493 e. The van der Waals surface area contributed by atoms with Crippen LogP contribution in [0.25, 0.3) is 0 Å². The number of rotatable bonds is 5. The summed E-state index contributed by atoms with van der Waals surface area (Å²) in [6.45, 7) is 6.53. The lowest BCUT2D eigenvalue weighted by Crippen LogP contribution is -2.01. The molecule has 0 bridgehead atoms. The fraction of sp³-hybridized carbons (Fsp3) is 0.333. The maximum Gasteiger partial charge on any atom is 0.127 e. The van der Waals surface area contributed by atoms with Crippen LogP contribution in [0, 0.1) is 5.82 Å². The number of nitrogens with two attached hydrogens (primary N) is 1. The molecule has 2 nitrogen and oxygen atoms in total. The monoisotopic (exact) mass is 209 g/mol. The molecular formula is C12H16FNO. The Bertz CT molecular complexity index is 349. The van der Waals surface area contributed by atoms with Crippen molar-refractivity contribution in [1.82, 2.24) is 0 Å². The molecule has 0 saturated carbocycles. The van der Waals surface area contributed by atoms with E-state index in [1.54, 1.807) is 6.07 Å². The van der Waals surface area contributed by atoms with Crippen molar-refractivity contribution in [1.29, 1.82) is 0 Å². The summed E-state index contributed by atoms with van der Waals surface area (Å²) in [5, 5.41) is 0. The average Bonchev–Trinajstić information content (AvgIpc) is 2.16. The van der Waals surface area contributed by atoms with Crippen molar-refractivity contribution < 1.29 is 9.13 Å². The highest BCUT2D eigenvalue weighted by molar-refractivity contribution is 5.29. The molecule has 0 heterocycles. The van der Waals surface area contributed by atoms with Gasteiger partial charge in [0.25, 0.3) is 0 Å². The minimum absolute atomic E-state index is 0.314. The van der Waals surface area contributed by atoms with Crippen molar-refractivity contribution in [3.63, 3.8) is 0 Å². The molecule has 0 aliphatic rings. The number of halogens is 1. The largest absolute Gasteiger partial charge is 0.493 e. The first-order valence-corrected chi connectivity index (χ1v) is 4.88. The van der Waals surface area contributed by atoms with Gasteiger partial charge in [-0.25, -0.2) is 4.39 Å². The molecule has 1 aromatic carbocycles. The Balaban J connectivity index is 2.60. The maximum absolute atomic E-state index is 13.0. The lowest BCUT2D eigenvalue weighted by Gasteiger charge is -2.07. The van der Waals surface area contributed by atoms with Crippen LogP contribution in [0.4, 0.5) is 4.39 Å². The first-order chi connectivity index (χ1) is 7.11. The van der Waals surface area contributed by atoms with Gasteiger partial charge in [0.2, 0.25) is 0 Å². The summed E-state index contributed by atoms with van der Waals surface area (Å²) in [5.74, 6) is 0.208. The number of hydrogen-bond acceptors (Lipinski definition) is 2. The van der Waals surface area contributed by atoms with Crippen LogP contribution in [0.15, 0.2) is 30.4 Å². The van der Waals surface area contributed by atoms with E-state index in [9.17, 15) is 4.39 Å². The second kappa shape index (κ2) is 5.51. The highest BCUT2D eigenvalue weighted by Gasteiger charge is 2.00. The molecule has 0 aromatic heterocycles. The van der Waals surface area contributed by atoms with Crippen LogP contribution in [0.5, 0.6) is 5.75 Å². The molecular weight excluding hydrogens is 193 g/mol. The predicted molar refractivity (Wildman–Crippen MR) is 59.2 cm³/mol. The quantitative estimate of drug-likeness (QED) is 0.756. The molecule has 1 aromatic rings. The summed E-state index contributed by atoms with van der Waals surface area (Å²) in [7, 11) is 0. The van der Waals surface area contributed by atoms with Crippen LogP contribution in [0.3, 0.4) is 0 Å². The fourth-order valence-corrected chi connectivity index (χ4v) is 1.17. The van der Waals surface area contributed by atoms with E-state index in [0.717, 1.165) is 17.6 Å². The highest BCUT2D eigenvalue weighted by atomic mass is 19.1. The molecule has 0 aliphatic heterocycles. The lowest BCUT2D eigenvalue weighted by atomic mass is 10.2. The SMILES string of the molecule is C=C(C)CCOc1cc(F)cc(CN)c1. The Morgan fingerprint density at radius 3 is 2.80 bits per heavy atom. The first kappa shape index (κ1) is 11.7. The molecule has 3 heteroatoms. The lowest BCUT2D eigenvalue weighted by molar-refractivity contribution is 0.319. The van der Waals surface area contributed by atoms with Gasteiger partial charge >= 0.3 is 0 Å². The molecule has 2 N–H and O–H groups in total. The molecule has 0 unspecified atom stereocenters. The summed E-state index contributed by atoms with van der Waals surface area (Å²) in [4.78, 5) is 0. The fourth-order valence-electron chi connectivity index (χ4n) is 1.17. The van der Waals surface area contributed by atoms with Crippen molar-refractivity contribution in [3.8, 4) is 5.75 Å². The zero-order chi connectivity index (χ0) is 11.3. The maximum atomic E-state index is 13.0. The molecule has 82 valence electrons. The second-order valence-corrected chi connectivity index (χ2v) is 3.55. The van der Waals surface area contributed by atoms with Gasteiger partial charge in [0.15, 0.2) is 0 Å². The molecule has 0 fully saturated rings. The van der Waals surface area contributed by atoms with Gasteiger partial charge in [-0.2, -0.15) is 0 Å². The average molecular weight is 209 g/mol. The molecule has 0 amide bonds. The van der Waals surface area contributed by atoms with Crippen molar-refractivity contribution >= 4 is 0 Å². The number of benzene rings is 1. The summed E-state index contributed by atoms with van der Waals surface area (Å²) < 4.78 is 18.4. The van der Waals surface area contributed by atoms with Gasteiger partial charge in [0, 0.05) is 19.0 Å². The normalized spacial score (nSPS) is 10.1. The van der Waals surface area contributed by atoms with Gasteiger partial charge in [0.1, 0.15) is 11.6 Å². The van der Waals surface area contributed by atoms with Gasteiger partial charge in [-0.1, -0.05) is 5.57 Å². The van der Waals surface area contributed by atoms with Crippen LogP contribution >= 0.6 is 0 Å². The van der Waals surface area contributed by atoms with Crippen molar-refractivity contribution in [2.75, 3.05) is 6.61 Å². The van der Waals surface area contributed by atoms with Crippen LogP contribution in [-0.4, -0.2) is 6.61 Å². The van der Waals surface area contributed by atoms with Gasteiger partial charge in [-0.05, 0) is 24.6 Å². The molecule has 0 saturated heterocycles. The summed E-state index contributed by atoms with van der Waals surface area (Å²) in [6, 6.07) is 4.52. The van der Waals surface area contributed by atoms with E-state index in [1.807, 2.05) is 6.92 Å². The van der Waals surface area contributed by atoms with E-state index >= 15 is 0 Å². The third-order valence-corrected chi connectivity index (χ3v) is 1.96. The van der Waals surface area contributed by atoms with Crippen molar-refractivity contribution in [2.24, 2.45) is 5.73 Å². The zero-order valence-corrected chi connectivity index (χ0v) is 8.92. The van der Waals surface area contributed by atoms with Gasteiger partial charge < -0.3 is 10.5 Å². The smallest absolute Gasteiger partial charge is 0.127 e. The summed E-state index contributed by atoms with van der Waals surface area (Å²) in [5.41, 5.74) is 7.21. The highest BCUT2D eigenvalue weighted by Crippen LogP contribution is 2.16. The van der Waals surface area contributed by atoms with E-state index in [2.05, 4.69) is 6.58 Å². The number of ether oxygens (including phenoxy) is 1. The van der Waals surface area contributed by atoms with Crippen molar-refractivity contribution in [3.05, 3.63) is 41.7 Å². The Hall–Kier alpha value is -1.35. The summed E-state index contributed by atoms with van der Waals surface area (Å²) in [6.07, 6.45) is 0.772. The molecule has 0 radical (unpaired) electrons. The van der Waals surface area contributed by atoms with E-state index in [4.69, 9.17) is 10.5 Å². The minimum atomic E-state index is -0.316. The topological polar surface area (TPSA) is 35.2 Å². The van der Waals surface area contributed by atoms with Gasteiger partial charge in [0.05, 0.1) is 6.61 Å². The number of hydrogen-bond donors (Lipinski definition) is 1. The summed E-state index contributed by atoms with van der Waals surface area (Å²) >= 11 is 0. The molecule has 0 aliphatic carbocycles. The third-order valence-electron chi connectivity index (χ3n) is 1.96.